The van der Waals surface area contributed by atoms with Gasteiger partial charge in [-0.2, -0.15) is 0 Å². The minimum atomic E-state index is -0.391. The van der Waals surface area contributed by atoms with Gasteiger partial charge in [0.2, 0.25) is 5.91 Å². The molecule has 0 radical (unpaired) electrons. The molecule has 5 heteroatoms. The van der Waals surface area contributed by atoms with Crippen LogP contribution in [0, 0.1) is 0 Å². The van der Waals surface area contributed by atoms with Gasteiger partial charge < -0.3 is 9.64 Å². The first-order valence-corrected chi connectivity index (χ1v) is 6.23. The van der Waals surface area contributed by atoms with Crippen molar-refractivity contribution in [2.45, 2.75) is 38.6 Å². The molecule has 1 aliphatic heterocycles. The lowest BCUT2D eigenvalue weighted by Gasteiger charge is -2.26. The lowest BCUT2D eigenvalue weighted by atomic mass is 10.2. The van der Waals surface area contributed by atoms with Crippen LogP contribution in [0.2, 0.25) is 0 Å². The maximum absolute atomic E-state index is 11.6. The summed E-state index contributed by atoms with van der Waals surface area (Å²) in [5.74, 6) is 0.317. The van der Waals surface area contributed by atoms with E-state index in [0.717, 1.165) is 6.42 Å². The number of esters is 1. The zero-order chi connectivity index (χ0) is 11.4. The summed E-state index contributed by atoms with van der Waals surface area (Å²) < 4.78 is 4.95. The lowest BCUT2D eigenvalue weighted by Crippen LogP contribution is -2.45. The highest BCUT2D eigenvalue weighted by atomic mass is 32.2. The highest BCUT2D eigenvalue weighted by molar-refractivity contribution is 8.00. The van der Waals surface area contributed by atoms with Crippen molar-refractivity contribution in [3.8, 4) is 0 Å². The molecule has 1 aliphatic rings. The summed E-state index contributed by atoms with van der Waals surface area (Å²) in [6.07, 6.45) is 0.861. The fourth-order valence-corrected chi connectivity index (χ4v) is 3.11. The Kier molecular flexibility index (Phi) is 4.45. The Labute approximate surface area is 94.3 Å². The Morgan fingerprint density at radius 2 is 2.13 bits per heavy atom. The minimum absolute atomic E-state index is 0.0510. The van der Waals surface area contributed by atoms with Gasteiger partial charge in [0.15, 0.2) is 0 Å². The second kappa shape index (κ2) is 5.39. The highest BCUT2D eigenvalue weighted by Gasteiger charge is 2.39. The minimum Gasteiger partial charge on any atom is -0.464 e. The third kappa shape index (κ3) is 2.65. The fourth-order valence-electron chi connectivity index (χ4n) is 1.72. The SMILES string of the molecule is CCOC(=O)[C@@H]1CSC(CC)N1C(C)=O. The van der Waals surface area contributed by atoms with Crippen molar-refractivity contribution < 1.29 is 14.3 Å². The van der Waals surface area contributed by atoms with Gasteiger partial charge in [-0.3, -0.25) is 4.79 Å². The van der Waals surface area contributed by atoms with Crippen molar-refractivity contribution in [1.29, 1.82) is 0 Å². The molecule has 4 nitrogen and oxygen atoms in total. The molecule has 86 valence electrons. The summed E-state index contributed by atoms with van der Waals surface area (Å²) in [5, 5.41) is 0.122. The highest BCUT2D eigenvalue weighted by Crippen LogP contribution is 2.31. The zero-order valence-electron chi connectivity index (χ0n) is 9.36. The van der Waals surface area contributed by atoms with Gasteiger partial charge in [0.05, 0.1) is 12.0 Å². The van der Waals surface area contributed by atoms with Crippen LogP contribution in [-0.4, -0.2) is 40.6 Å². The third-order valence-corrected chi connectivity index (χ3v) is 3.82. The Morgan fingerprint density at radius 1 is 1.47 bits per heavy atom. The molecular formula is C10H17NO3S. The number of nitrogens with zero attached hydrogens (tertiary/aromatic N) is 1. The van der Waals surface area contributed by atoms with E-state index in [0.29, 0.717) is 12.4 Å². The molecule has 1 rings (SSSR count). The van der Waals surface area contributed by atoms with Crippen LogP contribution >= 0.6 is 11.8 Å². The van der Waals surface area contributed by atoms with Gasteiger partial charge in [-0.05, 0) is 13.3 Å². The third-order valence-electron chi connectivity index (χ3n) is 2.36. The Hall–Kier alpha value is -0.710. The first-order valence-electron chi connectivity index (χ1n) is 5.18. The van der Waals surface area contributed by atoms with Crippen LogP contribution in [0.25, 0.3) is 0 Å². The van der Waals surface area contributed by atoms with Crippen LogP contribution in [-0.2, 0) is 14.3 Å². The van der Waals surface area contributed by atoms with Crippen molar-refractivity contribution >= 4 is 23.6 Å². The van der Waals surface area contributed by atoms with E-state index < -0.39 is 6.04 Å². The van der Waals surface area contributed by atoms with E-state index >= 15 is 0 Å². The number of carbonyl (C=O) groups is 2. The van der Waals surface area contributed by atoms with Gasteiger partial charge >= 0.3 is 5.97 Å². The van der Waals surface area contributed by atoms with Crippen molar-refractivity contribution in [3.63, 3.8) is 0 Å². The normalized spacial score (nSPS) is 25.4. The second-order valence-corrected chi connectivity index (χ2v) is 4.60. The van der Waals surface area contributed by atoms with Crippen LogP contribution in [0.5, 0.6) is 0 Å². The smallest absolute Gasteiger partial charge is 0.329 e. The summed E-state index contributed by atoms with van der Waals surface area (Å²) in [7, 11) is 0. The molecule has 0 bridgehead atoms. The molecule has 0 spiro atoms. The van der Waals surface area contributed by atoms with Gasteiger partial charge in [-0.15, -0.1) is 11.8 Å². The monoisotopic (exact) mass is 231 g/mol. The predicted molar refractivity (Wildman–Crippen MR) is 59.5 cm³/mol. The molecule has 15 heavy (non-hydrogen) atoms. The zero-order valence-corrected chi connectivity index (χ0v) is 10.2. The van der Waals surface area contributed by atoms with Gasteiger partial charge in [-0.1, -0.05) is 6.92 Å². The quantitative estimate of drug-likeness (QED) is 0.686. The largest absolute Gasteiger partial charge is 0.464 e. The Bertz CT molecular complexity index is 257. The van der Waals surface area contributed by atoms with Crippen LogP contribution in [0.3, 0.4) is 0 Å². The number of rotatable bonds is 3. The molecule has 0 aromatic carbocycles. The number of amides is 1. The van der Waals surface area contributed by atoms with Gasteiger partial charge in [-0.25, -0.2) is 4.79 Å². The van der Waals surface area contributed by atoms with E-state index in [1.54, 1.807) is 23.6 Å². The second-order valence-electron chi connectivity index (χ2n) is 3.39. The molecule has 0 saturated carbocycles. The average molecular weight is 231 g/mol. The molecule has 0 N–H and O–H groups in total. The molecule has 0 aliphatic carbocycles. The fraction of sp³-hybridized carbons (Fsp3) is 0.800. The Balaban J connectivity index is 2.72. The van der Waals surface area contributed by atoms with Gasteiger partial charge in [0, 0.05) is 12.7 Å². The van der Waals surface area contributed by atoms with Crippen molar-refractivity contribution in [1.82, 2.24) is 4.90 Å². The maximum Gasteiger partial charge on any atom is 0.329 e. The number of hydrogen-bond donors (Lipinski definition) is 0. The summed E-state index contributed by atoms with van der Waals surface area (Å²) in [5.41, 5.74) is 0. The topological polar surface area (TPSA) is 46.6 Å². The molecule has 1 heterocycles. The molecule has 0 aromatic heterocycles. The molecule has 2 atom stereocenters. The van der Waals surface area contributed by atoms with Crippen LogP contribution in [0.1, 0.15) is 27.2 Å². The average Bonchev–Trinajstić information content (AvgIpc) is 2.61. The van der Waals surface area contributed by atoms with E-state index in [4.69, 9.17) is 4.74 Å². The van der Waals surface area contributed by atoms with E-state index in [1.807, 2.05) is 6.92 Å². The predicted octanol–water partition coefficient (Wildman–Crippen LogP) is 1.25. The molecule has 1 saturated heterocycles. The maximum atomic E-state index is 11.6. The molecule has 1 fully saturated rings. The lowest BCUT2D eigenvalue weighted by molar-refractivity contribution is -0.153. The number of carbonyl (C=O) groups excluding carboxylic acids is 2. The summed E-state index contributed by atoms with van der Waals surface area (Å²) in [6, 6.07) is -0.391. The van der Waals surface area contributed by atoms with Crippen LogP contribution in [0.15, 0.2) is 0 Å². The van der Waals surface area contributed by atoms with Crippen molar-refractivity contribution in [2.75, 3.05) is 12.4 Å². The number of hydrogen-bond acceptors (Lipinski definition) is 4. The van der Waals surface area contributed by atoms with Gasteiger partial charge in [0.25, 0.3) is 0 Å². The summed E-state index contributed by atoms with van der Waals surface area (Å²) in [6.45, 7) is 5.65. The van der Waals surface area contributed by atoms with Crippen LogP contribution < -0.4 is 0 Å². The Morgan fingerprint density at radius 3 is 2.60 bits per heavy atom. The number of thioether (sulfide) groups is 1. The van der Waals surface area contributed by atoms with E-state index in [9.17, 15) is 9.59 Å². The van der Waals surface area contributed by atoms with Gasteiger partial charge in [0.1, 0.15) is 6.04 Å². The summed E-state index contributed by atoms with van der Waals surface area (Å²) >= 11 is 1.65. The number of ether oxygens (including phenoxy) is 1. The molecule has 1 unspecified atom stereocenters. The van der Waals surface area contributed by atoms with Crippen molar-refractivity contribution in [2.24, 2.45) is 0 Å². The standard InChI is InChI=1S/C10H17NO3S/c1-4-9-11(7(3)12)8(6-15-9)10(13)14-5-2/h8-9H,4-6H2,1-3H3/t8-,9?/m0/s1. The van der Waals surface area contributed by atoms with Crippen LogP contribution in [0.4, 0.5) is 0 Å². The molecular weight excluding hydrogens is 214 g/mol. The van der Waals surface area contributed by atoms with E-state index in [1.165, 1.54) is 6.92 Å². The van der Waals surface area contributed by atoms with E-state index in [2.05, 4.69) is 0 Å². The van der Waals surface area contributed by atoms with Crippen molar-refractivity contribution in [3.05, 3.63) is 0 Å². The first kappa shape index (κ1) is 12.4. The first-order chi connectivity index (χ1) is 7.11. The summed E-state index contributed by atoms with van der Waals surface area (Å²) in [4.78, 5) is 24.7. The molecule has 1 amide bonds. The van der Waals surface area contributed by atoms with E-state index in [-0.39, 0.29) is 17.3 Å². The molecule has 0 aromatic rings.